The molecule has 21 heavy (non-hydrogen) atoms. The lowest BCUT2D eigenvalue weighted by atomic mass is 9.97. The molecule has 0 amide bonds. The van der Waals surface area contributed by atoms with Gasteiger partial charge in [0.1, 0.15) is 6.10 Å². The Labute approximate surface area is 134 Å². The molecule has 8 heteroatoms. The van der Waals surface area contributed by atoms with E-state index in [0.717, 1.165) is 0 Å². The summed E-state index contributed by atoms with van der Waals surface area (Å²) >= 11 is 0. The van der Waals surface area contributed by atoms with Crippen molar-refractivity contribution in [2.45, 2.75) is 31.5 Å². The molecule has 1 aliphatic carbocycles. The molecule has 0 aliphatic heterocycles. The fourth-order valence-corrected chi connectivity index (χ4v) is 2.14. The van der Waals surface area contributed by atoms with E-state index in [1.54, 1.807) is 19.2 Å². The maximum absolute atomic E-state index is 12.8. The van der Waals surface area contributed by atoms with Crippen LogP contribution in [0, 0.1) is 5.41 Å². The molecule has 1 aromatic heterocycles. The van der Waals surface area contributed by atoms with Gasteiger partial charge < -0.3 is 10.4 Å². The van der Waals surface area contributed by atoms with E-state index in [1.165, 1.54) is 6.20 Å². The molecule has 0 bridgehead atoms. The zero-order valence-corrected chi connectivity index (χ0v) is 13.1. The molecule has 1 atom stereocenters. The van der Waals surface area contributed by atoms with E-state index >= 15 is 0 Å². The molecule has 2 N–H and O–H groups in total. The Morgan fingerprint density at radius 1 is 1.33 bits per heavy atom. The topological polar surface area (TPSA) is 45.1 Å². The maximum Gasteiger partial charge on any atom is 0.394 e. The fourth-order valence-electron chi connectivity index (χ4n) is 2.14. The molecule has 1 saturated carbocycles. The van der Waals surface area contributed by atoms with Gasteiger partial charge in [-0.2, -0.15) is 13.2 Å². The molecule has 0 radical (unpaired) electrons. The van der Waals surface area contributed by atoms with Crippen LogP contribution in [0.25, 0.3) is 0 Å². The molecule has 2 rings (SSSR count). The summed E-state index contributed by atoms with van der Waals surface area (Å²) in [4.78, 5) is 4.03. The quantitative estimate of drug-likeness (QED) is 0.861. The molecule has 3 nitrogen and oxygen atoms in total. The minimum absolute atomic E-state index is 0. The van der Waals surface area contributed by atoms with Crippen LogP contribution in [0.3, 0.4) is 0 Å². The van der Waals surface area contributed by atoms with Gasteiger partial charge in [0.05, 0.1) is 11.1 Å². The highest BCUT2D eigenvalue weighted by Crippen LogP contribution is 2.59. The number of pyridine rings is 1. The van der Waals surface area contributed by atoms with E-state index in [9.17, 15) is 18.3 Å². The smallest absolute Gasteiger partial charge is 0.385 e. The number of hydrogen-bond acceptors (Lipinski definition) is 3. The average molecular weight is 347 g/mol. The van der Waals surface area contributed by atoms with Gasteiger partial charge in [-0.3, -0.25) is 4.98 Å². The minimum Gasteiger partial charge on any atom is -0.385 e. The summed E-state index contributed by atoms with van der Waals surface area (Å²) < 4.78 is 38.5. The summed E-state index contributed by atoms with van der Waals surface area (Å²) in [5.74, 6) is 0. The highest BCUT2D eigenvalue weighted by Gasteiger charge is 2.62. The second-order valence-electron chi connectivity index (χ2n) is 5.12. The van der Waals surface area contributed by atoms with Crippen molar-refractivity contribution < 1.29 is 18.3 Å². The van der Waals surface area contributed by atoms with Crippen molar-refractivity contribution in [2.75, 3.05) is 13.6 Å². The molecule has 0 spiro atoms. The molecule has 0 saturated heterocycles. The van der Waals surface area contributed by atoms with Gasteiger partial charge in [-0.05, 0) is 37.9 Å². The molecule has 1 aliphatic rings. The monoisotopic (exact) mass is 346 g/mol. The molecular formula is C13H19Cl2F3N2O. The largest absolute Gasteiger partial charge is 0.394 e. The molecule has 1 unspecified atom stereocenters. The van der Waals surface area contributed by atoms with E-state index in [4.69, 9.17) is 0 Å². The number of alkyl halides is 3. The Morgan fingerprint density at radius 3 is 2.33 bits per heavy atom. The van der Waals surface area contributed by atoms with Crippen LogP contribution in [-0.4, -0.2) is 29.9 Å². The third-order valence-corrected chi connectivity index (χ3v) is 3.58. The number of nitrogens with one attached hydrogen (secondary N) is 1. The van der Waals surface area contributed by atoms with Crippen molar-refractivity contribution in [1.82, 2.24) is 10.3 Å². The van der Waals surface area contributed by atoms with E-state index in [0.29, 0.717) is 17.8 Å². The predicted octanol–water partition coefficient (Wildman–Crippen LogP) is 3.06. The molecular weight excluding hydrogens is 328 g/mol. The van der Waals surface area contributed by atoms with Crippen molar-refractivity contribution in [1.29, 1.82) is 0 Å². The van der Waals surface area contributed by atoms with Crippen LogP contribution in [0.15, 0.2) is 18.3 Å². The van der Waals surface area contributed by atoms with E-state index in [-0.39, 0.29) is 44.1 Å². The normalized spacial score (nSPS) is 17.4. The van der Waals surface area contributed by atoms with Crippen molar-refractivity contribution in [3.05, 3.63) is 29.6 Å². The fraction of sp³-hybridized carbons (Fsp3) is 0.615. The van der Waals surface area contributed by atoms with E-state index in [1.807, 2.05) is 0 Å². The van der Waals surface area contributed by atoms with Crippen LogP contribution in [0.1, 0.15) is 30.2 Å². The van der Waals surface area contributed by atoms with Gasteiger partial charge in [-0.1, -0.05) is 6.07 Å². The van der Waals surface area contributed by atoms with Gasteiger partial charge in [-0.25, -0.2) is 0 Å². The number of aliphatic hydroxyl groups is 1. The van der Waals surface area contributed by atoms with Crippen molar-refractivity contribution >= 4 is 24.8 Å². The van der Waals surface area contributed by atoms with Gasteiger partial charge in [0.15, 0.2) is 0 Å². The first-order chi connectivity index (χ1) is 8.88. The van der Waals surface area contributed by atoms with Crippen molar-refractivity contribution in [3.63, 3.8) is 0 Å². The minimum atomic E-state index is -4.14. The summed E-state index contributed by atoms with van der Waals surface area (Å²) in [6.45, 7) is 0.360. The molecule has 1 aromatic rings. The first-order valence-corrected chi connectivity index (χ1v) is 6.22. The van der Waals surface area contributed by atoms with Crippen molar-refractivity contribution in [3.8, 4) is 0 Å². The van der Waals surface area contributed by atoms with E-state index < -0.39 is 17.7 Å². The summed E-state index contributed by atoms with van der Waals surface area (Å²) in [5, 5.41) is 12.5. The van der Waals surface area contributed by atoms with Crippen LogP contribution >= 0.6 is 24.8 Å². The summed E-state index contributed by atoms with van der Waals surface area (Å²) in [7, 11) is 1.71. The summed E-state index contributed by atoms with van der Waals surface area (Å²) in [5.41, 5.74) is -0.509. The van der Waals surface area contributed by atoms with E-state index in [2.05, 4.69) is 10.3 Å². The summed E-state index contributed by atoms with van der Waals surface area (Å²) in [6, 6.07) is 3.21. The van der Waals surface area contributed by atoms with Gasteiger partial charge in [0.2, 0.25) is 0 Å². The average Bonchev–Trinajstić information content (AvgIpc) is 3.10. The third-order valence-electron chi connectivity index (χ3n) is 3.58. The number of likely N-dealkylation sites (N-methyl/N-ethyl adjacent to an activating group) is 1. The summed E-state index contributed by atoms with van der Waals surface area (Å²) in [6.07, 6.45) is -3.08. The number of hydrogen-bond donors (Lipinski definition) is 2. The SMILES string of the molecule is CNCC(O)c1ccc(CC2(C(F)(F)F)CC2)cn1.Cl.Cl. The Balaban J connectivity index is 0.00000200. The van der Waals surface area contributed by atoms with Crippen molar-refractivity contribution in [2.24, 2.45) is 5.41 Å². The van der Waals surface area contributed by atoms with Crippen LogP contribution in [0.4, 0.5) is 13.2 Å². The molecule has 1 heterocycles. The number of aromatic nitrogens is 1. The molecule has 0 aromatic carbocycles. The lowest BCUT2D eigenvalue weighted by molar-refractivity contribution is -0.186. The number of rotatable bonds is 5. The van der Waals surface area contributed by atoms with Gasteiger partial charge >= 0.3 is 6.18 Å². The van der Waals surface area contributed by atoms with Crippen LogP contribution in [-0.2, 0) is 6.42 Å². The highest BCUT2D eigenvalue weighted by molar-refractivity contribution is 5.85. The second-order valence-corrected chi connectivity index (χ2v) is 5.12. The standard InChI is InChI=1S/C13H17F3N2O.2ClH/c1-17-8-11(19)10-3-2-9(7-18-10)6-12(4-5-12)13(14,15)16;;/h2-3,7,11,17,19H,4-6,8H2,1H3;2*1H. The molecule has 1 fully saturated rings. The lowest BCUT2D eigenvalue weighted by Crippen LogP contribution is -2.26. The zero-order chi connectivity index (χ0) is 14.1. The third kappa shape index (κ3) is 4.71. The Morgan fingerprint density at radius 2 is 1.95 bits per heavy atom. The first-order valence-electron chi connectivity index (χ1n) is 6.22. The Hall–Kier alpha value is -0.560. The number of nitrogens with zero attached hydrogens (tertiary/aromatic N) is 1. The molecule has 122 valence electrons. The highest BCUT2D eigenvalue weighted by atomic mass is 35.5. The Kier molecular flexibility index (Phi) is 7.42. The Bertz CT molecular complexity index is 436. The van der Waals surface area contributed by atoms with Gasteiger partial charge in [-0.15, -0.1) is 24.8 Å². The second kappa shape index (κ2) is 7.63. The van der Waals surface area contributed by atoms with Crippen LogP contribution in [0.5, 0.6) is 0 Å². The van der Waals surface area contributed by atoms with Gasteiger partial charge in [0.25, 0.3) is 0 Å². The number of halogens is 5. The first kappa shape index (κ1) is 20.4. The maximum atomic E-state index is 12.8. The predicted molar refractivity (Wildman–Crippen MR) is 79.0 cm³/mol. The van der Waals surface area contributed by atoms with Gasteiger partial charge in [0, 0.05) is 12.7 Å². The zero-order valence-electron chi connectivity index (χ0n) is 11.5. The number of aliphatic hydroxyl groups excluding tert-OH is 1. The van der Waals surface area contributed by atoms with Crippen LogP contribution < -0.4 is 5.32 Å². The van der Waals surface area contributed by atoms with Crippen LogP contribution in [0.2, 0.25) is 0 Å². The lowest BCUT2D eigenvalue weighted by Gasteiger charge is -2.19.